The fraction of sp³-hybridized carbons (Fsp3) is 0.273. The van der Waals surface area contributed by atoms with Gasteiger partial charge in [0.15, 0.2) is 0 Å². The van der Waals surface area contributed by atoms with Crippen molar-refractivity contribution in [2.45, 2.75) is 13.1 Å². The molecule has 0 amide bonds. The van der Waals surface area contributed by atoms with Crippen LogP contribution in [-0.4, -0.2) is 9.67 Å². The van der Waals surface area contributed by atoms with Crippen LogP contribution in [0.4, 0.5) is 4.39 Å². The lowest BCUT2D eigenvalue weighted by molar-refractivity contribution is 0.375. The van der Waals surface area contributed by atoms with Gasteiger partial charge in [-0.05, 0) is 19.1 Å². The molecule has 0 saturated carbocycles. The standard InChI is InChI=1S/C11H12FNO/c1-7(12)8-6-13(2)9-4-3-5-10(14)11(8)9/h3-7,14H,1-2H3. The van der Waals surface area contributed by atoms with Crippen molar-refractivity contribution in [1.82, 2.24) is 4.57 Å². The van der Waals surface area contributed by atoms with E-state index in [0.717, 1.165) is 5.52 Å². The fourth-order valence-electron chi connectivity index (χ4n) is 1.76. The number of rotatable bonds is 1. The van der Waals surface area contributed by atoms with Gasteiger partial charge in [0.2, 0.25) is 0 Å². The molecule has 0 aliphatic heterocycles. The van der Waals surface area contributed by atoms with Gasteiger partial charge in [0.05, 0.1) is 5.52 Å². The van der Waals surface area contributed by atoms with Crippen molar-refractivity contribution in [3.8, 4) is 5.75 Å². The van der Waals surface area contributed by atoms with Crippen LogP contribution in [-0.2, 0) is 7.05 Å². The molecule has 1 atom stereocenters. The third-order valence-electron chi connectivity index (χ3n) is 2.45. The highest BCUT2D eigenvalue weighted by Gasteiger charge is 2.14. The van der Waals surface area contributed by atoms with Crippen LogP contribution in [0.5, 0.6) is 5.75 Å². The third-order valence-corrected chi connectivity index (χ3v) is 2.45. The van der Waals surface area contributed by atoms with E-state index in [-0.39, 0.29) is 5.75 Å². The molecule has 2 nitrogen and oxygen atoms in total. The van der Waals surface area contributed by atoms with Gasteiger partial charge in [0.1, 0.15) is 11.9 Å². The first-order valence-electron chi connectivity index (χ1n) is 4.52. The zero-order chi connectivity index (χ0) is 10.3. The zero-order valence-corrected chi connectivity index (χ0v) is 8.16. The van der Waals surface area contributed by atoms with E-state index in [4.69, 9.17) is 0 Å². The first-order chi connectivity index (χ1) is 6.61. The molecule has 1 aromatic heterocycles. The molecule has 0 fully saturated rings. The van der Waals surface area contributed by atoms with Crippen LogP contribution in [0.15, 0.2) is 24.4 Å². The predicted molar refractivity (Wildman–Crippen MR) is 54.1 cm³/mol. The number of phenols is 1. The van der Waals surface area contributed by atoms with Gasteiger partial charge in [0, 0.05) is 24.2 Å². The van der Waals surface area contributed by atoms with Crippen molar-refractivity contribution < 1.29 is 9.50 Å². The molecule has 0 aliphatic carbocycles. The maximum atomic E-state index is 13.2. The molecule has 2 rings (SSSR count). The zero-order valence-electron chi connectivity index (χ0n) is 8.16. The molecule has 2 aromatic rings. The average Bonchev–Trinajstić information content (AvgIpc) is 2.46. The Kier molecular flexibility index (Phi) is 1.95. The molecule has 0 radical (unpaired) electrons. The lowest BCUT2D eigenvalue weighted by Crippen LogP contribution is -1.83. The van der Waals surface area contributed by atoms with Gasteiger partial charge >= 0.3 is 0 Å². The summed E-state index contributed by atoms with van der Waals surface area (Å²) in [6, 6.07) is 5.19. The SMILES string of the molecule is CC(F)c1cn(C)c2cccc(O)c12. The quantitative estimate of drug-likeness (QED) is 0.740. The van der Waals surface area contributed by atoms with Crippen LogP contribution < -0.4 is 0 Å². The summed E-state index contributed by atoms with van der Waals surface area (Å²) in [5.74, 6) is 0.141. The molecule has 0 saturated heterocycles. The molecule has 3 heteroatoms. The summed E-state index contributed by atoms with van der Waals surface area (Å²) in [4.78, 5) is 0. The van der Waals surface area contributed by atoms with Gasteiger partial charge in [-0.2, -0.15) is 0 Å². The molecular weight excluding hydrogens is 181 g/mol. The molecule has 0 bridgehead atoms. The molecule has 74 valence electrons. The van der Waals surface area contributed by atoms with Crippen molar-refractivity contribution in [1.29, 1.82) is 0 Å². The van der Waals surface area contributed by atoms with Crippen LogP contribution in [0.1, 0.15) is 18.7 Å². The van der Waals surface area contributed by atoms with Crippen LogP contribution >= 0.6 is 0 Å². The Morgan fingerprint density at radius 1 is 1.43 bits per heavy atom. The van der Waals surface area contributed by atoms with E-state index in [9.17, 15) is 9.50 Å². The Bertz CT molecular complexity index is 473. The van der Waals surface area contributed by atoms with Gasteiger partial charge in [0.25, 0.3) is 0 Å². The largest absolute Gasteiger partial charge is 0.507 e. The lowest BCUT2D eigenvalue weighted by Gasteiger charge is -2.00. The number of aryl methyl sites for hydroxylation is 1. The highest BCUT2D eigenvalue weighted by Crippen LogP contribution is 2.33. The van der Waals surface area contributed by atoms with E-state index in [0.29, 0.717) is 10.9 Å². The minimum atomic E-state index is -1.06. The van der Waals surface area contributed by atoms with E-state index in [1.54, 1.807) is 18.3 Å². The Labute approximate surface area is 81.6 Å². The number of fused-ring (bicyclic) bond motifs is 1. The van der Waals surface area contributed by atoms with E-state index in [1.165, 1.54) is 6.92 Å². The van der Waals surface area contributed by atoms with Crippen molar-refractivity contribution in [2.75, 3.05) is 0 Å². The van der Waals surface area contributed by atoms with Crippen LogP contribution in [0.25, 0.3) is 10.9 Å². The van der Waals surface area contributed by atoms with Gasteiger partial charge in [-0.15, -0.1) is 0 Å². The van der Waals surface area contributed by atoms with Crippen LogP contribution in [0.3, 0.4) is 0 Å². The number of aromatic hydroxyl groups is 1. The first kappa shape index (κ1) is 9.06. The number of halogens is 1. The van der Waals surface area contributed by atoms with E-state index < -0.39 is 6.17 Å². The molecule has 14 heavy (non-hydrogen) atoms. The molecule has 1 aromatic carbocycles. The minimum absolute atomic E-state index is 0.141. The fourth-order valence-corrected chi connectivity index (χ4v) is 1.76. The van der Waals surface area contributed by atoms with E-state index in [2.05, 4.69) is 0 Å². The maximum absolute atomic E-state index is 13.2. The topological polar surface area (TPSA) is 25.2 Å². The molecule has 0 aliphatic rings. The van der Waals surface area contributed by atoms with Crippen LogP contribution in [0, 0.1) is 0 Å². The molecule has 0 spiro atoms. The van der Waals surface area contributed by atoms with E-state index >= 15 is 0 Å². The number of phenolic OH excluding ortho intramolecular Hbond substituents is 1. The summed E-state index contributed by atoms with van der Waals surface area (Å²) >= 11 is 0. The minimum Gasteiger partial charge on any atom is -0.507 e. The van der Waals surface area contributed by atoms with Gasteiger partial charge in [-0.1, -0.05) is 6.07 Å². The number of aromatic nitrogens is 1. The van der Waals surface area contributed by atoms with Crippen molar-refractivity contribution in [3.63, 3.8) is 0 Å². The molecule has 1 N–H and O–H groups in total. The Hall–Kier alpha value is -1.51. The smallest absolute Gasteiger partial charge is 0.125 e. The summed E-state index contributed by atoms with van der Waals surface area (Å²) in [5, 5.41) is 10.2. The normalized spacial score (nSPS) is 13.4. The Balaban J connectivity index is 2.86. The van der Waals surface area contributed by atoms with E-state index in [1.807, 2.05) is 17.7 Å². The highest BCUT2D eigenvalue weighted by molar-refractivity contribution is 5.89. The number of benzene rings is 1. The van der Waals surface area contributed by atoms with Gasteiger partial charge in [-0.25, -0.2) is 4.39 Å². The number of alkyl halides is 1. The second-order valence-electron chi connectivity index (χ2n) is 3.48. The van der Waals surface area contributed by atoms with Gasteiger partial charge in [-0.3, -0.25) is 0 Å². The van der Waals surface area contributed by atoms with Crippen LogP contribution in [0.2, 0.25) is 0 Å². The Morgan fingerprint density at radius 2 is 2.14 bits per heavy atom. The maximum Gasteiger partial charge on any atom is 0.125 e. The predicted octanol–water partition coefficient (Wildman–Crippen LogP) is 2.91. The second-order valence-corrected chi connectivity index (χ2v) is 3.48. The molecule has 1 heterocycles. The summed E-state index contributed by atoms with van der Waals surface area (Å²) in [7, 11) is 1.84. The highest BCUT2D eigenvalue weighted by atomic mass is 19.1. The third kappa shape index (κ3) is 1.16. The first-order valence-corrected chi connectivity index (χ1v) is 4.52. The Morgan fingerprint density at radius 3 is 2.79 bits per heavy atom. The van der Waals surface area contributed by atoms with Crippen molar-refractivity contribution >= 4 is 10.9 Å². The monoisotopic (exact) mass is 193 g/mol. The van der Waals surface area contributed by atoms with Crippen molar-refractivity contribution in [2.24, 2.45) is 7.05 Å². The number of hydrogen-bond donors (Lipinski definition) is 1. The van der Waals surface area contributed by atoms with Crippen molar-refractivity contribution in [3.05, 3.63) is 30.0 Å². The lowest BCUT2D eigenvalue weighted by atomic mass is 10.1. The second kappa shape index (κ2) is 3.01. The summed E-state index contributed by atoms with van der Waals surface area (Å²) in [6.45, 7) is 1.47. The molecular formula is C11H12FNO. The molecule has 1 unspecified atom stereocenters. The summed E-state index contributed by atoms with van der Waals surface area (Å²) < 4.78 is 15.1. The number of hydrogen-bond acceptors (Lipinski definition) is 1. The summed E-state index contributed by atoms with van der Waals surface area (Å²) in [6.07, 6.45) is 0.654. The number of nitrogens with zero attached hydrogens (tertiary/aromatic N) is 1. The van der Waals surface area contributed by atoms with Gasteiger partial charge < -0.3 is 9.67 Å². The average molecular weight is 193 g/mol. The summed E-state index contributed by atoms with van der Waals surface area (Å²) in [5.41, 5.74) is 1.39.